The van der Waals surface area contributed by atoms with E-state index >= 15 is 0 Å². The van der Waals surface area contributed by atoms with Gasteiger partial charge in [-0.25, -0.2) is 4.79 Å². The van der Waals surface area contributed by atoms with Crippen LogP contribution in [0.1, 0.15) is 11.4 Å². The Hall–Kier alpha value is -1.84. The third kappa shape index (κ3) is 2.10. The second kappa shape index (κ2) is 3.91. The number of hydrogen-bond acceptors (Lipinski definition) is 3. The minimum Gasteiger partial charge on any atom is -0.296 e. The molecule has 2 aromatic rings. The molecule has 1 aromatic carbocycles. The van der Waals surface area contributed by atoms with Crippen LogP contribution in [0.2, 0.25) is 0 Å². The van der Waals surface area contributed by atoms with E-state index in [-0.39, 0.29) is 0 Å². The molecule has 0 bridgehead atoms. The Kier molecular flexibility index (Phi) is 2.44. The first-order valence-electron chi connectivity index (χ1n) is 4.43. The molecule has 0 amide bonds. The van der Waals surface area contributed by atoms with Gasteiger partial charge in [0.1, 0.15) is 0 Å². The Bertz CT molecular complexity index is 444. The fraction of sp³-hybridized carbons (Fsp3) is 0.200. The van der Waals surface area contributed by atoms with E-state index in [9.17, 15) is 4.79 Å². The molecule has 0 saturated heterocycles. The van der Waals surface area contributed by atoms with E-state index in [0.29, 0.717) is 12.2 Å². The lowest BCUT2D eigenvalue weighted by Gasteiger charge is -1.96. The Morgan fingerprint density at radius 3 is 2.64 bits per heavy atom. The molecule has 0 spiro atoms. The van der Waals surface area contributed by atoms with Gasteiger partial charge in [-0.15, -0.1) is 0 Å². The van der Waals surface area contributed by atoms with E-state index in [1.807, 2.05) is 30.3 Å². The maximum atomic E-state index is 10.6. The van der Waals surface area contributed by atoms with Gasteiger partial charge in [0.25, 0.3) is 0 Å². The summed E-state index contributed by atoms with van der Waals surface area (Å²) in [5.74, 6) is 0.104. The maximum absolute atomic E-state index is 10.6. The average molecular weight is 190 g/mol. The molecule has 1 aromatic heterocycles. The minimum atomic E-state index is -0.493. The molecule has 4 heteroatoms. The fourth-order valence-electron chi connectivity index (χ4n) is 1.28. The second-order valence-corrected chi connectivity index (χ2v) is 3.03. The first-order valence-corrected chi connectivity index (χ1v) is 4.43. The number of hydrogen-bond donors (Lipinski definition) is 1. The molecule has 0 aliphatic rings. The highest BCUT2D eigenvalue weighted by Gasteiger charge is 2.00. The first-order chi connectivity index (χ1) is 6.84. The fourth-order valence-corrected chi connectivity index (χ4v) is 1.28. The smallest absolute Gasteiger partial charge is 0.296 e. The van der Waals surface area contributed by atoms with Crippen LogP contribution in [-0.4, -0.2) is 10.1 Å². The number of benzene rings is 1. The molecule has 0 saturated carbocycles. The number of aromatic nitrogens is 2. The number of aromatic amines is 1. The number of H-pyrrole nitrogens is 1. The monoisotopic (exact) mass is 190 g/mol. The van der Waals surface area contributed by atoms with Crippen LogP contribution < -0.4 is 5.76 Å². The molecular weight excluding hydrogens is 180 g/mol. The lowest BCUT2D eigenvalue weighted by atomic mass is 10.1. The zero-order valence-electron chi connectivity index (χ0n) is 7.56. The summed E-state index contributed by atoms with van der Waals surface area (Å²) in [5, 5.41) is 3.59. The first kappa shape index (κ1) is 8.74. The van der Waals surface area contributed by atoms with Gasteiger partial charge in [-0.05, 0) is 12.0 Å². The van der Waals surface area contributed by atoms with Crippen LogP contribution in [0.25, 0.3) is 0 Å². The highest BCUT2D eigenvalue weighted by Crippen LogP contribution is 2.02. The van der Waals surface area contributed by atoms with Crippen molar-refractivity contribution in [2.75, 3.05) is 0 Å². The molecular formula is C10H10N2O2. The van der Waals surface area contributed by atoms with Crippen LogP contribution in [0.3, 0.4) is 0 Å². The van der Waals surface area contributed by atoms with Gasteiger partial charge in [0.15, 0.2) is 5.82 Å². The normalized spacial score (nSPS) is 10.3. The van der Waals surface area contributed by atoms with Crippen molar-refractivity contribution < 1.29 is 4.52 Å². The third-order valence-corrected chi connectivity index (χ3v) is 1.98. The zero-order valence-corrected chi connectivity index (χ0v) is 7.56. The van der Waals surface area contributed by atoms with Crippen LogP contribution >= 0.6 is 0 Å². The van der Waals surface area contributed by atoms with Crippen LogP contribution in [0.15, 0.2) is 39.6 Å². The van der Waals surface area contributed by atoms with Gasteiger partial charge in [0, 0.05) is 6.42 Å². The predicted octanol–water partition coefficient (Wildman–Crippen LogP) is 1.15. The summed E-state index contributed by atoms with van der Waals surface area (Å²) in [7, 11) is 0. The third-order valence-electron chi connectivity index (χ3n) is 1.98. The van der Waals surface area contributed by atoms with Gasteiger partial charge >= 0.3 is 5.76 Å². The highest BCUT2D eigenvalue weighted by atomic mass is 16.5. The van der Waals surface area contributed by atoms with Crippen LogP contribution in [-0.2, 0) is 12.8 Å². The van der Waals surface area contributed by atoms with E-state index in [2.05, 4.69) is 14.7 Å². The van der Waals surface area contributed by atoms with E-state index < -0.39 is 5.76 Å². The van der Waals surface area contributed by atoms with Crippen molar-refractivity contribution in [1.29, 1.82) is 0 Å². The van der Waals surface area contributed by atoms with Crippen molar-refractivity contribution in [3.8, 4) is 0 Å². The molecule has 2 rings (SSSR count). The van der Waals surface area contributed by atoms with Gasteiger partial charge in [-0.1, -0.05) is 35.5 Å². The molecule has 1 heterocycles. The van der Waals surface area contributed by atoms with Crippen LogP contribution in [0.5, 0.6) is 0 Å². The molecule has 0 fully saturated rings. The van der Waals surface area contributed by atoms with E-state index in [1.54, 1.807) is 0 Å². The number of nitrogens with one attached hydrogen (secondary N) is 1. The second-order valence-electron chi connectivity index (χ2n) is 3.03. The van der Waals surface area contributed by atoms with Crippen molar-refractivity contribution in [1.82, 2.24) is 10.1 Å². The topological polar surface area (TPSA) is 58.9 Å². The lowest BCUT2D eigenvalue weighted by Crippen LogP contribution is -1.98. The number of aryl methyl sites for hydroxylation is 2. The van der Waals surface area contributed by atoms with Gasteiger partial charge in [0.2, 0.25) is 0 Å². The van der Waals surface area contributed by atoms with Gasteiger partial charge in [0.05, 0.1) is 0 Å². The van der Waals surface area contributed by atoms with E-state index in [4.69, 9.17) is 0 Å². The SMILES string of the molecule is O=c1[nH]c(CCc2ccccc2)no1. The number of nitrogens with zero attached hydrogens (tertiary/aromatic N) is 1. The average Bonchev–Trinajstić information content (AvgIpc) is 2.63. The summed E-state index contributed by atoms with van der Waals surface area (Å²) in [4.78, 5) is 13.1. The Balaban J connectivity index is 1.98. The largest absolute Gasteiger partial charge is 0.438 e. The van der Waals surface area contributed by atoms with Crippen molar-refractivity contribution in [3.05, 3.63) is 52.3 Å². The molecule has 0 unspecified atom stereocenters. The maximum Gasteiger partial charge on any atom is 0.438 e. The molecule has 72 valence electrons. The molecule has 0 aliphatic heterocycles. The molecule has 1 N–H and O–H groups in total. The Labute approximate surface area is 80.6 Å². The Morgan fingerprint density at radius 2 is 2.00 bits per heavy atom. The summed E-state index contributed by atoms with van der Waals surface area (Å²) in [5.41, 5.74) is 1.22. The van der Waals surface area contributed by atoms with Gasteiger partial charge < -0.3 is 0 Å². The summed E-state index contributed by atoms with van der Waals surface area (Å²) in [6.45, 7) is 0. The molecule has 0 aliphatic carbocycles. The molecule has 0 radical (unpaired) electrons. The quantitative estimate of drug-likeness (QED) is 0.789. The van der Waals surface area contributed by atoms with Crippen LogP contribution in [0, 0.1) is 0 Å². The zero-order chi connectivity index (χ0) is 9.80. The van der Waals surface area contributed by atoms with Gasteiger partial charge in [-0.2, -0.15) is 0 Å². The summed E-state index contributed by atoms with van der Waals surface area (Å²) in [6.07, 6.45) is 1.54. The summed E-state index contributed by atoms with van der Waals surface area (Å²) in [6, 6.07) is 10.0. The van der Waals surface area contributed by atoms with Crippen LogP contribution in [0.4, 0.5) is 0 Å². The summed E-state index contributed by atoms with van der Waals surface area (Å²) < 4.78 is 4.39. The van der Waals surface area contributed by atoms with E-state index in [1.165, 1.54) is 5.56 Å². The molecule has 14 heavy (non-hydrogen) atoms. The molecule has 4 nitrogen and oxygen atoms in total. The lowest BCUT2D eigenvalue weighted by molar-refractivity contribution is 0.381. The van der Waals surface area contributed by atoms with Crippen molar-refractivity contribution in [2.45, 2.75) is 12.8 Å². The van der Waals surface area contributed by atoms with Crippen molar-refractivity contribution in [3.63, 3.8) is 0 Å². The van der Waals surface area contributed by atoms with Crippen molar-refractivity contribution >= 4 is 0 Å². The standard InChI is InChI=1S/C10H10N2O2/c13-10-11-9(12-14-10)7-6-8-4-2-1-3-5-8/h1-5H,6-7H2,(H,11,12,13). The van der Waals surface area contributed by atoms with E-state index in [0.717, 1.165) is 6.42 Å². The molecule has 0 atom stereocenters. The minimum absolute atomic E-state index is 0.493. The Morgan fingerprint density at radius 1 is 1.21 bits per heavy atom. The van der Waals surface area contributed by atoms with Crippen molar-refractivity contribution in [2.24, 2.45) is 0 Å². The highest BCUT2D eigenvalue weighted by molar-refractivity contribution is 5.15. The number of rotatable bonds is 3. The summed E-state index contributed by atoms with van der Waals surface area (Å²) >= 11 is 0. The predicted molar refractivity (Wildman–Crippen MR) is 51.0 cm³/mol. The van der Waals surface area contributed by atoms with Gasteiger partial charge in [-0.3, -0.25) is 9.51 Å².